The molecule has 0 saturated carbocycles. The first-order chi connectivity index (χ1) is 16.1. The molecule has 0 aromatic carbocycles. The molecule has 0 aliphatic carbocycles. The topological polar surface area (TPSA) is 52.6 Å². The van der Waals surface area contributed by atoms with Crippen LogP contribution in [0.25, 0.3) is 0 Å². The zero-order valence-corrected chi connectivity index (χ0v) is 26.5. The summed E-state index contributed by atoms with van der Waals surface area (Å²) in [4.78, 5) is 23.9. The van der Waals surface area contributed by atoms with Crippen LogP contribution in [0.5, 0.6) is 0 Å². The second kappa shape index (κ2) is 29.1. The quantitative estimate of drug-likeness (QED) is 0.0534. The van der Waals surface area contributed by atoms with E-state index in [9.17, 15) is 9.59 Å². The summed E-state index contributed by atoms with van der Waals surface area (Å²) < 4.78 is 10.5. The van der Waals surface area contributed by atoms with E-state index in [-0.39, 0.29) is 31.9 Å². The maximum absolute atomic E-state index is 12.0. The molecule has 1 atom stereocenters. The molecule has 0 aliphatic rings. The Balaban J connectivity index is 0. The first-order valence-corrected chi connectivity index (χ1v) is 14.6. The Morgan fingerprint density at radius 1 is 0.559 bits per heavy atom. The molecule has 0 fully saturated rings. The Bertz CT molecular complexity index is 448. The first-order valence-electron chi connectivity index (χ1n) is 14.1. The molecule has 0 radical (unpaired) electrons. The van der Waals surface area contributed by atoms with Gasteiger partial charge >= 0.3 is 11.9 Å². The minimum absolute atomic E-state index is 0. The molecule has 0 bridgehead atoms. The molecule has 0 spiro atoms. The molecule has 0 heterocycles. The molecule has 0 aliphatic heterocycles. The largest absolute Gasteiger partial charge is 0.466 e. The van der Waals surface area contributed by atoms with Gasteiger partial charge in [-0.1, -0.05) is 129 Å². The minimum atomic E-state index is -0.728. The maximum Gasteiger partial charge on any atom is 0.319 e. The predicted octanol–water partition coefficient (Wildman–Crippen LogP) is 8.60. The van der Waals surface area contributed by atoms with Gasteiger partial charge in [-0.15, -0.1) is 0 Å². The van der Waals surface area contributed by atoms with Crippen molar-refractivity contribution in [2.45, 2.75) is 154 Å². The molecule has 34 heavy (non-hydrogen) atoms. The molecule has 0 amide bonds. The van der Waals surface area contributed by atoms with Gasteiger partial charge in [-0.05, 0) is 12.8 Å². The second-order valence-corrected chi connectivity index (χ2v) is 10.1. The summed E-state index contributed by atoms with van der Waals surface area (Å²) in [5, 5.41) is -0.728. The molecule has 1 unspecified atom stereocenters. The number of carbonyl (C=O) groups is 2. The average molecular weight is 552 g/mol. The third-order valence-electron chi connectivity index (χ3n) is 6.14. The van der Waals surface area contributed by atoms with Gasteiger partial charge < -0.3 is 9.47 Å². The van der Waals surface area contributed by atoms with Crippen LogP contribution in [0.15, 0.2) is 0 Å². The second-order valence-electron chi connectivity index (χ2n) is 9.47. The summed E-state index contributed by atoms with van der Waals surface area (Å²) in [5.41, 5.74) is 0. The van der Waals surface area contributed by atoms with E-state index in [0.717, 1.165) is 25.7 Å². The van der Waals surface area contributed by atoms with Crippen molar-refractivity contribution in [3.8, 4) is 0 Å². The van der Waals surface area contributed by atoms with Gasteiger partial charge in [0.2, 0.25) is 0 Å². The summed E-state index contributed by atoms with van der Waals surface area (Å²) >= 11 is 4.23. The summed E-state index contributed by atoms with van der Waals surface area (Å²) in [6, 6.07) is 0. The number of carbonyl (C=O) groups excluding carboxylic acids is 2. The van der Waals surface area contributed by atoms with Crippen molar-refractivity contribution < 1.29 is 38.5 Å². The number of hydrogen-bond acceptors (Lipinski definition) is 5. The summed E-state index contributed by atoms with van der Waals surface area (Å²) in [6.45, 7) is 5.34. The number of unbranched alkanes of at least 4 members (excludes halogenated alkanes) is 18. The standard InChI is InChI=1S/C28H54O4S.Zn/c1-3-5-7-9-11-13-15-17-19-21-23-31-27(29)25-26(33)28(30)32-24-22-20-18-16-14-12-10-8-6-4-2;/h26,33H,3-25H2,1-2H3;. The van der Waals surface area contributed by atoms with Gasteiger partial charge in [-0.25, -0.2) is 0 Å². The van der Waals surface area contributed by atoms with E-state index in [0.29, 0.717) is 13.2 Å². The molecular weight excluding hydrogens is 498 g/mol. The summed E-state index contributed by atoms with van der Waals surface area (Å²) in [6.07, 6.45) is 24.9. The van der Waals surface area contributed by atoms with Gasteiger partial charge in [0.1, 0.15) is 5.25 Å². The van der Waals surface area contributed by atoms with Crippen molar-refractivity contribution >= 4 is 24.6 Å². The molecule has 0 rings (SSSR count). The van der Waals surface area contributed by atoms with E-state index in [4.69, 9.17) is 9.47 Å². The molecule has 4 nitrogen and oxygen atoms in total. The monoisotopic (exact) mass is 550 g/mol. The van der Waals surface area contributed by atoms with E-state index < -0.39 is 11.2 Å². The number of rotatable bonds is 25. The van der Waals surface area contributed by atoms with E-state index in [2.05, 4.69) is 26.5 Å². The van der Waals surface area contributed by atoms with Crippen molar-refractivity contribution in [3.63, 3.8) is 0 Å². The van der Waals surface area contributed by atoms with Crippen LogP contribution in [0.2, 0.25) is 0 Å². The zero-order chi connectivity index (χ0) is 24.4. The molecule has 198 valence electrons. The van der Waals surface area contributed by atoms with E-state index in [1.165, 1.54) is 103 Å². The Hall–Kier alpha value is -0.0866. The van der Waals surface area contributed by atoms with Crippen LogP contribution < -0.4 is 0 Å². The van der Waals surface area contributed by atoms with Crippen LogP contribution in [-0.4, -0.2) is 30.4 Å². The third-order valence-corrected chi connectivity index (χ3v) is 6.53. The fourth-order valence-corrected chi connectivity index (χ4v) is 4.16. The van der Waals surface area contributed by atoms with Crippen LogP contribution in [0.1, 0.15) is 149 Å². The third kappa shape index (κ3) is 26.5. The van der Waals surface area contributed by atoms with Gasteiger partial charge in [0, 0.05) is 19.5 Å². The summed E-state index contributed by atoms with van der Waals surface area (Å²) in [7, 11) is 0. The van der Waals surface area contributed by atoms with E-state index in [1.807, 2.05) is 0 Å². The van der Waals surface area contributed by atoms with Crippen molar-refractivity contribution in [2.75, 3.05) is 13.2 Å². The first kappa shape index (κ1) is 36.1. The van der Waals surface area contributed by atoms with Crippen molar-refractivity contribution in [3.05, 3.63) is 0 Å². The molecular formula is C28H54O4SZn. The number of thiol groups is 1. The fourth-order valence-electron chi connectivity index (χ4n) is 3.93. The Morgan fingerprint density at radius 2 is 0.882 bits per heavy atom. The van der Waals surface area contributed by atoms with Crippen LogP contribution in [0.3, 0.4) is 0 Å². The average Bonchev–Trinajstić information content (AvgIpc) is 2.80. The van der Waals surface area contributed by atoms with Crippen LogP contribution >= 0.6 is 12.6 Å². The number of ether oxygens (including phenoxy) is 2. The zero-order valence-electron chi connectivity index (χ0n) is 22.6. The Morgan fingerprint density at radius 3 is 1.26 bits per heavy atom. The van der Waals surface area contributed by atoms with Gasteiger partial charge in [-0.2, -0.15) is 12.6 Å². The maximum atomic E-state index is 12.0. The molecule has 0 aromatic rings. The van der Waals surface area contributed by atoms with Gasteiger partial charge in [0.15, 0.2) is 0 Å². The van der Waals surface area contributed by atoms with Gasteiger partial charge in [0.05, 0.1) is 19.6 Å². The minimum Gasteiger partial charge on any atom is -0.466 e. The molecule has 6 heteroatoms. The van der Waals surface area contributed by atoms with Crippen LogP contribution in [-0.2, 0) is 38.5 Å². The van der Waals surface area contributed by atoms with Gasteiger partial charge in [0.25, 0.3) is 0 Å². The smallest absolute Gasteiger partial charge is 0.319 e. The van der Waals surface area contributed by atoms with Crippen LogP contribution in [0, 0.1) is 0 Å². The normalized spacial score (nSPS) is 11.6. The predicted molar refractivity (Wildman–Crippen MR) is 143 cm³/mol. The number of hydrogen-bond donors (Lipinski definition) is 1. The number of esters is 2. The van der Waals surface area contributed by atoms with Crippen LogP contribution in [0.4, 0.5) is 0 Å². The van der Waals surface area contributed by atoms with Crippen molar-refractivity contribution in [1.82, 2.24) is 0 Å². The molecule has 0 N–H and O–H groups in total. The van der Waals surface area contributed by atoms with Crippen molar-refractivity contribution in [1.29, 1.82) is 0 Å². The SMILES string of the molecule is CCCCCCCCCCCCOC(=O)CC(S)C(=O)OCCCCCCCCCCCC.[Zn]. The molecule has 0 aromatic heterocycles. The van der Waals surface area contributed by atoms with E-state index in [1.54, 1.807) is 0 Å². The van der Waals surface area contributed by atoms with Crippen molar-refractivity contribution in [2.24, 2.45) is 0 Å². The van der Waals surface area contributed by atoms with E-state index >= 15 is 0 Å². The molecule has 0 saturated heterocycles. The Labute approximate surface area is 229 Å². The summed E-state index contributed by atoms with van der Waals surface area (Å²) in [5.74, 6) is -0.771. The fraction of sp³-hybridized carbons (Fsp3) is 0.929. The van der Waals surface area contributed by atoms with Gasteiger partial charge in [-0.3, -0.25) is 9.59 Å². The Kier molecular flexibility index (Phi) is 30.9.